The van der Waals surface area contributed by atoms with Crippen molar-refractivity contribution < 1.29 is 24.9 Å². The molecule has 2 aromatic rings. The van der Waals surface area contributed by atoms with Gasteiger partial charge in [-0.3, -0.25) is 4.79 Å². The summed E-state index contributed by atoms with van der Waals surface area (Å²) in [5.41, 5.74) is -0.668. The first-order chi connectivity index (χ1) is 11.5. The van der Waals surface area contributed by atoms with Gasteiger partial charge in [-0.05, 0) is 28.0 Å². The number of aliphatic hydroxyl groups excluding tert-OH is 1. The highest BCUT2D eigenvalue weighted by atomic mass is 16.5. The van der Waals surface area contributed by atoms with E-state index in [0.29, 0.717) is 0 Å². The van der Waals surface area contributed by atoms with Crippen molar-refractivity contribution in [2.24, 2.45) is 10.4 Å². The molecular formula is C15H10N2O7. The summed E-state index contributed by atoms with van der Waals surface area (Å²) in [6, 6.07) is 5.77. The predicted octanol–water partition coefficient (Wildman–Crippen LogP) is 2.57. The fourth-order valence-electron chi connectivity index (χ4n) is 2.53. The topological polar surface area (TPSA) is 146 Å². The molecule has 0 aliphatic carbocycles. The highest BCUT2D eigenvalue weighted by Gasteiger charge is 2.39. The number of ether oxygens (including phenoxy) is 1. The zero-order valence-electron chi connectivity index (χ0n) is 11.9. The minimum Gasteiger partial charge on any atom is -0.508 e. The Hall–Kier alpha value is -3.33. The van der Waals surface area contributed by atoms with Crippen molar-refractivity contribution in [3.8, 4) is 17.2 Å². The molecule has 2 aromatic carbocycles. The molecule has 1 heterocycles. The number of phenolic OH excluding ortho intramolecular Hbond substituents is 2. The van der Waals surface area contributed by atoms with E-state index >= 15 is 0 Å². The van der Waals surface area contributed by atoms with E-state index in [1.54, 1.807) is 0 Å². The van der Waals surface area contributed by atoms with Crippen LogP contribution in [0.15, 0.2) is 40.7 Å². The first-order valence-corrected chi connectivity index (χ1v) is 6.72. The smallest absolute Gasteiger partial charge is 0.201 e. The molecule has 9 nitrogen and oxygen atoms in total. The molecule has 0 saturated heterocycles. The molecular weight excluding hydrogens is 320 g/mol. The summed E-state index contributed by atoms with van der Waals surface area (Å²) in [7, 11) is 0. The number of aliphatic hydroxyl groups is 1. The van der Waals surface area contributed by atoms with E-state index in [-0.39, 0.29) is 39.8 Å². The standard InChI is InChI=1S/C15H10N2O7/c18-7-4-9(17-23)12-11(5-7)24-15(14(21)13(12)20)6-1-2-10(19)8(3-6)16-22/h1-5,14-15,18-19,21H. The lowest BCUT2D eigenvalue weighted by molar-refractivity contribution is 0.0217. The van der Waals surface area contributed by atoms with E-state index in [1.807, 2.05) is 0 Å². The van der Waals surface area contributed by atoms with Gasteiger partial charge in [0.2, 0.25) is 5.78 Å². The van der Waals surface area contributed by atoms with Crippen LogP contribution in [0.25, 0.3) is 0 Å². The van der Waals surface area contributed by atoms with Crippen molar-refractivity contribution in [3.63, 3.8) is 0 Å². The molecule has 2 atom stereocenters. The summed E-state index contributed by atoms with van der Waals surface area (Å²) in [5.74, 6) is -1.65. The molecule has 3 N–H and O–H groups in total. The third-order valence-electron chi connectivity index (χ3n) is 3.65. The number of ketones is 1. The number of fused-ring (bicyclic) bond motifs is 1. The molecule has 0 saturated carbocycles. The lowest BCUT2D eigenvalue weighted by atomic mass is 9.92. The number of carbonyl (C=O) groups is 1. The first kappa shape index (κ1) is 15.6. The van der Waals surface area contributed by atoms with Crippen molar-refractivity contribution in [2.45, 2.75) is 12.2 Å². The van der Waals surface area contributed by atoms with Crippen LogP contribution in [-0.2, 0) is 0 Å². The number of nitrogens with zero attached hydrogens (tertiary/aromatic N) is 2. The number of rotatable bonds is 3. The third kappa shape index (κ3) is 2.36. The van der Waals surface area contributed by atoms with Gasteiger partial charge in [0.1, 0.15) is 28.6 Å². The summed E-state index contributed by atoms with van der Waals surface area (Å²) >= 11 is 0. The Labute approximate surface area is 134 Å². The minimum absolute atomic E-state index is 0.126. The van der Waals surface area contributed by atoms with Crippen LogP contribution in [0.1, 0.15) is 22.0 Å². The molecule has 2 unspecified atom stereocenters. The molecule has 0 aromatic heterocycles. The number of carbonyl (C=O) groups excluding carboxylic acids is 1. The van der Waals surface area contributed by atoms with Gasteiger partial charge in [0.25, 0.3) is 0 Å². The average Bonchev–Trinajstić information content (AvgIpc) is 2.57. The molecule has 122 valence electrons. The molecule has 0 radical (unpaired) electrons. The van der Waals surface area contributed by atoms with Gasteiger partial charge in [0.05, 0.1) is 5.56 Å². The predicted molar refractivity (Wildman–Crippen MR) is 80.8 cm³/mol. The van der Waals surface area contributed by atoms with Crippen LogP contribution in [0.3, 0.4) is 0 Å². The SMILES string of the molecule is O=Nc1cc(C2Oc3cc(O)cc(N=O)c3C(=O)C2O)ccc1O. The summed E-state index contributed by atoms with van der Waals surface area (Å²) in [6.45, 7) is 0. The van der Waals surface area contributed by atoms with Crippen LogP contribution >= 0.6 is 0 Å². The zero-order valence-corrected chi connectivity index (χ0v) is 11.9. The number of hydrogen-bond acceptors (Lipinski definition) is 9. The Kier molecular flexibility index (Phi) is 3.70. The molecule has 0 fully saturated rings. The lowest BCUT2D eigenvalue weighted by Crippen LogP contribution is -2.36. The lowest BCUT2D eigenvalue weighted by Gasteiger charge is -2.30. The van der Waals surface area contributed by atoms with Crippen LogP contribution in [0.2, 0.25) is 0 Å². The van der Waals surface area contributed by atoms with Crippen LogP contribution in [-0.4, -0.2) is 27.2 Å². The Morgan fingerprint density at radius 1 is 1.00 bits per heavy atom. The second-order valence-electron chi connectivity index (χ2n) is 5.12. The maximum Gasteiger partial charge on any atom is 0.201 e. The van der Waals surface area contributed by atoms with Crippen molar-refractivity contribution in [3.05, 3.63) is 51.3 Å². The van der Waals surface area contributed by atoms with Crippen LogP contribution in [0.4, 0.5) is 11.4 Å². The average molecular weight is 330 g/mol. The van der Waals surface area contributed by atoms with Crippen molar-refractivity contribution in [1.82, 2.24) is 0 Å². The van der Waals surface area contributed by atoms with Gasteiger partial charge < -0.3 is 20.1 Å². The number of aromatic hydroxyl groups is 2. The van der Waals surface area contributed by atoms with Gasteiger partial charge in [-0.15, -0.1) is 9.81 Å². The van der Waals surface area contributed by atoms with Crippen LogP contribution < -0.4 is 4.74 Å². The molecule has 0 amide bonds. The van der Waals surface area contributed by atoms with Crippen LogP contribution in [0, 0.1) is 9.81 Å². The van der Waals surface area contributed by atoms with Crippen molar-refractivity contribution in [1.29, 1.82) is 0 Å². The largest absolute Gasteiger partial charge is 0.508 e. The summed E-state index contributed by atoms with van der Waals surface area (Å²) in [6.07, 6.45) is -2.89. The maximum atomic E-state index is 12.4. The number of hydrogen-bond donors (Lipinski definition) is 3. The number of Topliss-reactive ketones (excluding diaryl/α,β-unsaturated/α-hetero) is 1. The van der Waals surface area contributed by atoms with E-state index < -0.39 is 18.0 Å². The fraction of sp³-hybridized carbons (Fsp3) is 0.133. The monoisotopic (exact) mass is 330 g/mol. The fourth-order valence-corrected chi connectivity index (χ4v) is 2.53. The normalized spacial score (nSPS) is 19.3. The molecule has 3 rings (SSSR count). The highest BCUT2D eigenvalue weighted by Crippen LogP contribution is 2.43. The van der Waals surface area contributed by atoms with Gasteiger partial charge in [-0.1, -0.05) is 6.07 Å². The highest BCUT2D eigenvalue weighted by molar-refractivity contribution is 6.07. The van der Waals surface area contributed by atoms with Gasteiger partial charge in [0.15, 0.2) is 12.2 Å². The molecule has 0 bridgehead atoms. The molecule has 24 heavy (non-hydrogen) atoms. The Morgan fingerprint density at radius 3 is 2.38 bits per heavy atom. The van der Waals surface area contributed by atoms with E-state index in [1.165, 1.54) is 12.1 Å². The van der Waals surface area contributed by atoms with Crippen LogP contribution in [0.5, 0.6) is 17.2 Å². The third-order valence-corrected chi connectivity index (χ3v) is 3.65. The Bertz CT molecular complexity index is 865. The van der Waals surface area contributed by atoms with E-state index in [4.69, 9.17) is 4.74 Å². The maximum absolute atomic E-state index is 12.4. The zero-order chi connectivity index (χ0) is 17.4. The summed E-state index contributed by atoms with van der Waals surface area (Å²) in [4.78, 5) is 33.9. The Morgan fingerprint density at radius 2 is 1.71 bits per heavy atom. The molecule has 0 spiro atoms. The van der Waals surface area contributed by atoms with Gasteiger partial charge in [0, 0.05) is 12.1 Å². The van der Waals surface area contributed by atoms with Crippen molar-refractivity contribution in [2.75, 3.05) is 0 Å². The first-order valence-electron chi connectivity index (χ1n) is 6.72. The van der Waals surface area contributed by atoms with E-state index in [0.717, 1.165) is 18.2 Å². The summed E-state index contributed by atoms with van der Waals surface area (Å²) < 4.78 is 5.51. The minimum atomic E-state index is -1.67. The molecule has 1 aliphatic heterocycles. The second kappa shape index (κ2) is 5.70. The van der Waals surface area contributed by atoms with Gasteiger partial charge in [-0.2, -0.15) is 0 Å². The molecule has 1 aliphatic rings. The Balaban J connectivity index is 2.11. The van der Waals surface area contributed by atoms with Crippen molar-refractivity contribution >= 4 is 17.2 Å². The number of benzene rings is 2. The quantitative estimate of drug-likeness (QED) is 0.733. The summed E-state index contributed by atoms with van der Waals surface area (Å²) in [5, 5.41) is 34.6. The van der Waals surface area contributed by atoms with E-state index in [9.17, 15) is 29.9 Å². The second-order valence-corrected chi connectivity index (χ2v) is 5.12. The van der Waals surface area contributed by atoms with Gasteiger partial charge in [-0.25, -0.2) is 0 Å². The van der Waals surface area contributed by atoms with Gasteiger partial charge >= 0.3 is 0 Å². The molecule has 9 heteroatoms. The number of nitroso groups, excluding NO2 is 2. The van der Waals surface area contributed by atoms with E-state index in [2.05, 4.69) is 10.4 Å². The number of phenols is 2.